The monoisotopic (exact) mass is 275 g/mol. The van der Waals surface area contributed by atoms with Gasteiger partial charge >= 0.3 is 5.97 Å². The zero-order chi connectivity index (χ0) is 14.6. The lowest BCUT2D eigenvalue weighted by Crippen LogP contribution is -2.34. The second kappa shape index (κ2) is 6.21. The summed E-state index contributed by atoms with van der Waals surface area (Å²) in [5.74, 6) is -5.34. The Hall–Kier alpha value is -2.06. The van der Waals surface area contributed by atoms with Gasteiger partial charge in [0.25, 0.3) is 5.91 Å². The summed E-state index contributed by atoms with van der Waals surface area (Å²) in [5, 5.41) is 28.4. The Morgan fingerprint density at radius 2 is 1.74 bits per heavy atom. The fourth-order valence-electron chi connectivity index (χ4n) is 1.28. The third-order valence-electron chi connectivity index (χ3n) is 2.24. The first kappa shape index (κ1) is 15.0. The van der Waals surface area contributed by atoms with Crippen molar-refractivity contribution in [2.75, 3.05) is 13.2 Å². The van der Waals surface area contributed by atoms with Crippen molar-refractivity contribution in [3.63, 3.8) is 0 Å². The smallest absolute Gasteiger partial charge is 0.336 e. The number of hydrogen-bond donors (Lipinski definition) is 4. The van der Waals surface area contributed by atoms with Gasteiger partial charge in [-0.3, -0.25) is 4.79 Å². The molecule has 0 saturated heterocycles. The van der Waals surface area contributed by atoms with Crippen LogP contribution in [0.15, 0.2) is 12.1 Å². The van der Waals surface area contributed by atoms with Gasteiger partial charge in [0.15, 0.2) is 11.6 Å². The van der Waals surface area contributed by atoms with Crippen LogP contribution in [-0.2, 0) is 0 Å². The Kier molecular flexibility index (Phi) is 4.90. The van der Waals surface area contributed by atoms with E-state index in [1.165, 1.54) is 0 Å². The van der Waals surface area contributed by atoms with E-state index in [1.54, 1.807) is 0 Å². The Balaban J connectivity index is 3.01. The van der Waals surface area contributed by atoms with Crippen LogP contribution in [0.1, 0.15) is 20.7 Å². The van der Waals surface area contributed by atoms with E-state index < -0.39 is 47.3 Å². The summed E-state index contributed by atoms with van der Waals surface area (Å²) in [6.07, 6.45) is -1.23. The SMILES string of the molecule is O=C(O)c1cc(F)c(F)cc1C(=O)NCC(O)CO. The van der Waals surface area contributed by atoms with Gasteiger partial charge in [-0.05, 0) is 12.1 Å². The Labute approximate surface area is 106 Å². The van der Waals surface area contributed by atoms with Crippen LogP contribution in [-0.4, -0.2) is 46.5 Å². The standard InChI is InChI=1S/C11H11F2NO5/c12-8-1-6(7(11(18)19)2-9(8)13)10(17)14-3-5(16)4-15/h1-2,5,15-16H,3-4H2,(H,14,17)(H,18,19). The molecule has 19 heavy (non-hydrogen) atoms. The minimum atomic E-state index is -1.59. The second-order valence-corrected chi connectivity index (χ2v) is 3.66. The van der Waals surface area contributed by atoms with Crippen molar-refractivity contribution in [2.24, 2.45) is 0 Å². The summed E-state index contributed by atoms with van der Waals surface area (Å²) < 4.78 is 25.9. The lowest BCUT2D eigenvalue weighted by Gasteiger charge is -2.11. The first-order valence-corrected chi connectivity index (χ1v) is 5.16. The molecule has 0 saturated carbocycles. The van der Waals surface area contributed by atoms with Gasteiger partial charge in [0.1, 0.15) is 0 Å². The molecule has 0 bridgehead atoms. The number of carbonyl (C=O) groups is 2. The van der Waals surface area contributed by atoms with E-state index >= 15 is 0 Å². The summed E-state index contributed by atoms with van der Waals surface area (Å²) in [7, 11) is 0. The number of halogens is 2. The quantitative estimate of drug-likeness (QED) is 0.592. The van der Waals surface area contributed by atoms with Gasteiger partial charge < -0.3 is 20.6 Å². The molecule has 8 heteroatoms. The van der Waals surface area contributed by atoms with Crippen LogP contribution in [0.3, 0.4) is 0 Å². The van der Waals surface area contributed by atoms with Crippen LogP contribution in [0.5, 0.6) is 0 Å². The number of carbonyl (C=O) groups excluding carboxylic acids is 1. The molecule has 0 heterocycles. The van der Waals surface area contributed by atoms with Gasteiger partial charge in [0, 0.05) is 6.54 Å². The number of benzene rings is 1. The molecule has 0 aromatic heterocycles. The number of amides is 1. The maximum absolute atomic E-state index is 13.0. The number of aromatic carboxylic acids is 1. The number of rotatable bonds is 5. The third-order valence-corrected chi connectivity index (χ3v) is 2.24. The van der Waals surface area contributed by atoms with Crippen LogP contribution >= 0.6 is 0 Å². The number of carboxylic acid groups (broad SMARTS) is 1. The zero-order valence-electron chi connectivity index (χ0n) is 9.56. The molecule has 1 rings (SSSR count). The molecule has 0 fully saturated rings. The molecule has 6 nitrogen and oxygen atoms in total. The predicted molar refractivity (Wildman–Crippen MR) is 58.7 cm³/mol. The molecule has 1 unspecified atom stereocenters. The van der Waals surface area contributed by atoms with Crippen molar-refractivity contribution in [1.82, 2.24) is 5.32 Å². The van der Waals surface area contributed by atoms with E-state index in [-0.39, 0.29) is 6.54 Å². The number of aliphatic hydroxyl groups is 2. The molecule has 1 aromatic carbocycles. The van der Waals surface area contributed by atoms with Gasteiger partial charge in [-0.15, -0.1) is 0 Å². The lowest BCUT2D eigenvalue weighted by molar-refractivity contribution is 0.0687. The Bertz CT molecular complexity index is 506. The van der Waals surface area contributed by atoms with E-state index in [2.05, 4.69) is 5.32 Å². The molecule has 0 aliphatic rings. The molecule has 0 aliphatic heterocycles. The van der Waals surface area contributed by atoms with Gasteiger partial charge in [-0.1, -0.05) is 0 Å². The average molecular weight is 275 g/mol. The molecule has 0 radical (unpaired) electrons. The summed E-state index contributed by atoms with van der Waals surface area (Å²) >= 11 is 0. The lowest BCUT2D eigenvalue weighted by atomic mass is 10.1. The van der Waals surface area contributed by atoms with Gasteiger partial charge in [0.2, 0.25) is 0 Å². The number of carboxylic acids is 1. The van der Waals surface area contributed by atoms with Crippen LogP contribution in [0.2, 0.25) is 0 Å². The Morgan fingerprint density at radius 1 is 1.21 bits per heavy atom. The van der Waals surface area contributed by atoms with Crippen LogP contribution < -0.4 is 5.32 Å². The fraction of sp³-hybridized carbons (Fsp3) is 0.273. The normalized spacial score (nSPS) is 12.0. The molecular formula is C11H11F2NO5. The highest BCUT2D eigenvalue weighted by molar-refractivity contribution is 6.04. The first-order chi connectivity index (χ1) is 8.86. The Morgan fingerprint density at radius 3 is 2.21 bits per heavy atom. The molecule has 1 atom stereocenters. The molecule has 4 N–H and O–H groups in total. The summed E-state index contributed by atoms with van der Waals surface area (Å²) in [5.41, 5.74) is -1.27. The molecule has 1 amide bonds. The zero-order valence-corrected chi connectivity index (χ0v) is 9.56. The van der Waals surface area contributed by atoms with Crippen molar-refractivity contribution in [1.29, 1.82) is 0 Å². The molecule has 0 aliphatic carbocycles. The van der Waals surface area contributed by atoms with E-state index in [4.69, 9.17) is 15.3 Å². The minimum absolute atomic E-state index is 0.354. The summed E-state index contributed by atoms with van der Waals surface area (Å²) in [4.78, 5) is 22.4. The highest BCUT2D eigenvalue weighted by Crippen LogP contribution is 2.15. The van der Waals surface area contributed by atoms with Crippen molar-refractivity contribution in [3.05, 3.63) is 34.9 Å². The number of aliphatic hydroxyl groups excluding tert-OH is 2. The van der Waals surface area contributed by atoms with Gasteiger partial charge in [-0.25, -0.2) is 13.6 Å². The van der Waals surface area contributed by atoms with Crippen molar-refractivity contribution >= 4 is 11.9 Å². The largest absolute Gasteiger partial charge is 0.478 e. The van der Waals surface area contributed by atoms with Crippen LogP contribution in [0.25, 0.3) is 0 Å². The van der Waals surface area contributed by atoms with Crippen LogP contribution in [0, 0.1) is 11.6 Å². The van der Waals surface area contributed by atoms with Gasteiger partial charge in [-0.2, -0.15) is 0 Å². The molecule has 1 aromatic rings. The highest BCUT2D eigenvalue weighted by atomic mass is 19.2. The van der Waals surface area contributed by atoms with Crippen molar-refractivity contribution in [2.45, 2.75) is 6.10 Å². The molecule has 104 valence electrons. The summed E-state index contributed by atoms with van der Waals surface area (Å²) in [6, 6.07) is 0.856. The van der Waals surface area contributed by atoms with E-state index in [0.29, 0.717) is 12.1 Å². The van der Waals surface area contributed by atoms with Crippen molar-refractivity contribution in [3.8, 4) is 0 Å². The topological polar surface area (TPSA) is 107 Å². The minimum Gasteiger partial charge on any atom is -0.478 e. The van der Waals surface area contributed by atoms with E-state index in [9.17, 15) is 18.4 Å². The predicted octanol–water partition coefficient (Wildman–Crippen LogP) is -0.254. The first-order valence-electron chi connectivity index (χ1n) is 5.16. The average Bonchev–Trinajstić information content (AvgIpc) is 2.37. The fourth-order valence-corrected chi connectivity index (χ4v) is 1.28. The number of nitrogens with one attached hydrogen (secondary N) is 1. The highest BCUT2D eigenvalue weighted by Gasteiger charge is 2.20. The molecule has 0 spiro atoms. The third kappa shape index (κ3) is 3.70. The molecular weight excluding hydrogens is 264 g/mol. The van der Waals surface area contributed by atoms with Crippen LogP contribution in [0.4, 0.5) is 8.78 Å². The number of hydrogen-bond acceptors (Lipinski definition) is 4. The maximum Gasteiger partial charge on any atom is 0.336 e. The maximum atomic E-state index is 13.0. The van der Waals surface area contributed by atoms with E-state index in [0.717, 1.165) is 0 Å². The van der Waals surface area contributed by atoms with Gasteiger partial charge in [0.05, 0.1) is 23.8 Å². The second-order valence-electron chi connectivity index (χ2n) is 3.66. The summed E-state index contributed by atoms with van der Waals surface area (Å²) in [6.45, 7) is -0.961. The van der Waals surface area contributed by atoms with Crippen molar-refractivity contribution < 1.29 is 33.7 Å². The van der Waals surface area contributed by atoms with E-state index in [1.807, 2.05) is 0 Å².